The van der Waals surface area contributed by atoms with E-state index in [1.54, 1.807) is 7.11 Å². The first-order valence-electron chi connectivity index (χ1n) is 9.37. The molecule has 2 aromatic rings. The Morgan fingerprint density at radius 2 is 1.77 bits per heavy atom. The Hall–Kier alpha value is -2.49. The number of hydrogen-bond donors (Lipinski definition) is 1. The maximum atomic E-state index is 12.3. The van der Waals surface area contributed by atoms with Gasteiger partial charge in [0, 0.05) is 12.5 Å². The lowest BCUT2D eigenvalue weighted by Crippen LogP contribution is -2.31. The van der Waals surface area contributed by atoms with Crippen LogP contribution in [0.15, 0.2) is 48.5 Å². The molecule has 0 radical (unpaired) electrons. The summed E-state index contributed by atoms with van der Waals surface area (Å²) in [5, 5.41) is 3.06. The third-order valence-electron chi connectivity index (χ3n) is 4.91. The fourth-order valence-corrected chi connectivity index (χ4v) is 3.37. The van der Waals surface area contributed by atoms with Gasteiger partial charge in [-0.25, -0.2) is 0 Å². The van der Waals surface area contributed by atoms with Crippen LogP contribution in [0.1, 0.15) is 43.2 Å². The molecule has 1 aliphatic rings. The third kappa shape index (κ3) is 5.01. The first-order valence-corrected chi connectivity index (χ1v) is 9.37. The third-order valence-corrected chi connectivity index (χ3v) is 4.91. The second kappa shape index (κ2) is 9.27. The van der Waals surface area contributed by atoms with E-state index in [1.165, 1.54) is 19.3 Å². The van der Waals surface area contributed by atoms with Gasteiger partial charge < -0.3 is 14.8 Å². The first kappa shape index (κ1) is 18.3. The number of nitrogens with one attached hydrogen (secondary N) is 1. The SMILES string of the molecule is COc1cc(CNC(=O)C2CCCCC2)ccc1OCc1ccccc1. The van der Waals surface area contributed by atoms with Gasteiger partial charge in [-0.2, -0.15) is 0 Å². The Bertz CT molecular complexity index is 709. The molecule has 138 valence electrons. The maximum Gasteiger partial charge on any atom is 0.223 e. The summed E-state index contributed by atoms with van der Waals surface area (Å²) in [6.45, 7) is 1.01. The van der Waals surface area contributed by atoms with Gasteiger partial charge in [-0.1, -0.05) is 55.7 Å². The Labute approximate surface area is 155 Å². The lowest BCUT2D eigenvalue weighted by molar-refractivity contribution is -0.126. The van der Waals surface area contributed by atoms with Gasteiger partial charge >= 0.3 is 0 Å². The highest BCUT2D eigenvalue weighted by Gasteiger charge is 2.20. The van der Waals surface area contributed by atoms with Crippen molar-refractivity contribution in [1.82, 2.24) is 5.32 Å². The molecule has 0 atom stereocenters. The minimum absolute atomic E-state index is 0.174. The van der Waals surface area contributed by atoms with Crippen molar-refractivity contribution in [2.45, 2.75) is 45.3 Å². The van der Waals surface area contributed by atoms with Crippen molar-refractivity contribution in [3.63, 3.8) is 0 Å². The minimum Gasteiger partial charge on any atom is -0.493 e. The van der Waals surface area contributed by atoms with Gasteiger partial charge in [-0.05, 0) is 36.1 Å². The molecule has 4 heteroatoms. The summed E-state index contributed by atoms with van der Waals surface area (Å²) in [5.41, 5.74) is 2.12. The van der Waals surface area contributed by atoms with E-state index in [1.807, 2.05) is 48.5 Å². The van der Waals surface area contributed by atoms with E-state index in [4.69, 9.17) is 9.47 Å². The number of methoxy groups -OCH3 is 1. The number of rotatable bonds is 7. The van der Waals surface area contributed by atoms with E-state index >= 15 is 0 Å². The molecule has 2 aromatic carbocycles. The molecule has 1 saturated carbocycles. The summed E-state index contributed by atoms with van der Waals surface area (Å²) in [7, 11) is 1.63. The zero-order valence-corrected chi connectivity index (χ0v) is 15.4. The number of carbonyl (C=O) groups is 1. The van der Waals surface area contributed by atoms with Gasteiger partial charge in [-0.15, -0.1) is 0 Å². The van der Waals surface area contributed by atoms with Crippen LogP contribution in [0.2, 0.25) is 0 Å². The quantitative estimate of drug-likeness (QED) is 0.799. The van der Waals surface area contributed by atoms with Crippen LogP contribution in [0.4, 0.5) is 0 Å². The van der Waals surface area contributed by atoms with Crippen molar-refractivity contribution in [3.8, 4) is 11.5 Å². The van der Waals surface area contributed by atoms with Crippen LogP contribution >= 0.6 is 0 Å². The smallest absolute Gasteiger partial charge is 0.223 e. The fourth-order valence-electron chi connectivity index (χ4n) is 3.37. The molecule has 1 N–H and O–H groups in total. The molecule has 3 rings (SSSR count). The molecule has 1 amide bonds. The number of benzene rings is 2. The van der Waals surface area contributed by atoms with Crippen molar-refractivity contribution in [2.75, 3.05) is 7.11 Å². The monoisotopic (exact) mass is 353 g/mol. The van der Waals surface area contributed by atoms with Crippen LogP contribution in [0.25, 0.3) is 0 Å². The summed E-state index contributed by atoms with van der Waals surface area (Å²) in [6.07, 6.45) is 5.62. The van der Waals surface area contributed by atoms with Gasteiger partial charge in [0.25, 0.3) is 0 Å². The average Bonchev–Trinajstić information content (AvgIpc) is 2.72. The predicted molar refractivity (Wildman–Crippen MR) is 102 cm³/mol. The molecule has 0 aliphatic heterocycles. The van der Waals surface area contributed by atoms with Crippen molar-refractivity contribution < 1.29 is 14.3 Å². The van der Waals surface area contributed by atoms with E-state index in [0.29, 0.717) is 24.7 Å². The average molecular weight is 353 g/mol. The topological polar surface area (TPSA) is 47.6 Å². The molecule has 0 unspecified atom stereocenters. The molecule has 0 heterocycles. The summed E-state index contributed by atoms with van der Waals surface area (Å²) < 4.78 is 11.3. The summed E-state index contributed by atoms with van der Waals surface area (Å²) in [5.74, 6) is 1.75. The Kier molecular flexibility index (Phi) is 6.53. The molecule has 0 aromatic heterocycles. The number of ether oxygens (including phenoxy) is 2. The van der Waals surface area contributed by atoms with Crippen LogP contribution in [-0.4, -0.2) is 13.0 Å². The number of amides is 1. The minimum atomic E-state index is 0.174. The van der Waals surface area contributed by atoms with Crippen LogP contribution in [0.5, 0.6) is 11.5 Å². The predicted octanol–water partition coefficient (Wildman–Crippen LogP) is 4.47. The van der Waals surface area contributed by atoms with E-state index in [-0.39, 0.29) is 11.8 Å². The van der Waals surface area contributed by atoms with Crippen LogP contribution in [0.3, 0.4) is 0 Å². The summed E-state index contributed by atoms with van der Waals surface area (Å²) in [4.78, 5) is 12.3. The zero-order chi connectivity index (χ0) is 18.2. The number of hydrogen-bond acceptors (Lipinski definition) is 3. The standard InChI is InChI=1S/C22H27NO3/c1-25-21-14-18(15-23-22(24)19-10-6-3-7-11-19)12-13-20(21)26-16-17-8-4-2-5-9-17/h2,4-5,8-9,12-14,19H,3,6-7,10-11,15-16H2,1H3,(H,23,24). The second-order valence-electron chi connectivity index (χ2n) is 6.81. The molecule has 0 spiro atoms. The van der Waals surface area contributed by atoms with Crippen LogP contribution in [-0.2, 0) is 17.9 Å². The summed E-state index contributed by atoms with van der Waals surface area (Å²) >= 11 is 0. The van der Waals surface area contributed by atoms with Gasteiger partial charge in [-0.3, -0.25) is 4.79 Å². The van der Waals surface area contributed by atoms with Gasteiger partial charge in [0.05, 0.1) is 7.11 Å². The highest BCUT2D eigenvalue weighted by Crippen LogP contribution is 2.29. The molecule has 0 bridgehead atoms. The molecular weight excluding hydrogens is 326 g/mol. The van der Waals surface area contributed by atoms with Crippen LogP contribution < -0.4 is 14.8 Å². The van der Waals surface area contributed by atoms with Crippen molar-refractivity contribution >= 4 is 5.91 Å². The van der Waals surface area contributed by atoms with Crippen LogP contribution in [0, 0.1) is 5.92 Å². The highest BCUT2D eigenvalue weighted by atomic mass is 16.5. The van der Waals surface area contributed by atoms with Crippen molar-refractivity contribution in [2.24, 2.45) is 5.92 Å². The normalized spacial score (nSPS) is 14.7. The Morgan fingerprint density at radius 1 is 1.00 bits per heavy atom. The van der Waals surface area contributed by atoms with Crippen molar-refractivity contribution in [1.29, 1.82) is 0 Å². The maximum absolute atomic E-state index is 12.3. The van der Waals surface area contributed by atoms with E-state index in [9.17, 15) is 4.79 Å². The number of carbonyl (C=O) groups excluding carboxylic acids is 1. The summed E-state index contributed by atoms with van der Waals surface area (Å²) in [6, 6.07) is 15.8. The Balaban J connectivity index is 1.56. The van der Waals surface area contributed by atoms with E-state index in [0.717, 1.165) is 24.0 Å². The lowest BCUT2D eigenvalue weighted by Gasteiger charge is -2.21. The van der Waals surface area contributed by atoms with Crippen molar-refractivity contribution in [3.05, 3.63) is 59.7 Å². The Morgan fingerprint density at radius 3 is 2.50 bits per heavy atom. The molecule has 1 aliphatic carbocycles. The largest absolute Gasteiger partial charge is 0.493 e. The molecule has 4 nitrogen and oxygen atoms in total. The molecular formula is C22H27NO3. The highest BCUT2D eigenvalue weighted by molar-refractivity contribution is 5.78. The molecule has 1 fully saturated rings. The second-order valence-corrected chi connectivity index (χ2v) is 6.81. The molecule has 0 saturated heterocycles. The van der Waals surface area contributed by atoms with E-state index in [2.05, 4.69) is 5.32 Å². The first-order chi connectivity index (χ1) is 12.8. The zero-order valence-electron chi connectivity index (χ0n) is 15.4. The van der Waals surface area contributed by atoms with E-state index < -0.39 is 0 Å². The van der Waals surface area contributed by atoms with Gasteiger partial charge in [0.1, 0.15) is 6.61 Å². The molecule has 26 heavy (non-hydrogen) atoms. The fraction of sp³-hybridized carbons (Fsp3) is 0.409. The lowest BCUT2D eigenvalue weighted by atomic mass is 9.88. The van der Waals surface area contributed by atoms with Gasteiger partial charge in [0.15, 0.2) is 11.5 Å². The van der Waals surface area contributed by atoms with Gasteiger partial charge in [0.2, 0.25) is 5.91 Å².